The fourth-order valence-corrected chi connectivity index (χ4v) is 3.96. The maximum Gasteiger partial charge on any atom is 0.175 e. The van der Waals surface area contributed by atoms with Gasteiger partial charge in [-0.1, -0.05) is 12.1 Å². The minimum atomic E-state index is -3.28. The highest BCUT2D eigenvalue weighted by Gasteiger charge is 2.20. The van der Waals surface area contributed by atoms with Crippen molar-refractivity contribution in [3.63, 3.8) is 0 Å². The Morgan fingerprint density at radius 2 is 1.71 bits per heavy atom. The minimum Gasteiger partial charge on any atom is -0.394 e. The zero-order valence-corrected chi connectivity index (χ0v) is 16.8. The van der Waals surface area contributed by atoms with Crippen LogP contribution in [0.5, 0.6) is 0 Å². The number of benzene rings is 2. The molecule has 1 unspecified atom stereocenters. The Kier molecular flexibility index (Phi) is 5.69. The lowest BCUT2D eigenvalue weighted by Gasteiger charge is -2.15. The number of halogens is 1. The highest BCUT2D eigenvalue weighted by Crippen LogP contribution is 2.33. The lowest BCUT2D eigenvalue weighted by atomic mass is 10.1. The third-order valence-corrected chi connectivity index (χ3v) is 5.98. The summed E-state index contributed by atoms with van der Waals surface area (Å²) >= 11 is 0. The van der Waals surface area contributed by atoms with E-state index in [-0.39, 0.29) is 23.4 Å². The number of aromatic nitrogens is 1. The van der Waals surface area contributed by atoms with Crippen molar-refractivity contribution in [2.75, 3.05) is 19.9 Å². The van der Waals surface area contributed by atoms with Gasteiger partial charge in [0.2, 0.25) is 0 Å². The van der Waals surface area contributed by atoms with E-state index in [0.717, 1.165) is 28.2 Å². The van der Waals surface area contributed by atoms with E-state index in [1.165, 1.54) is 18.4 Å². The number of sulfone groups is 1. The van der Waals surface area contributed by atoms with Crippen molar-refractivity contribution >= 4 is 9.84 Å². The molecule has 0 radical (unpaired) electrons. The van der Waals surface area contributed by atoms with Gasteiger partial charge >= 0.3 is 0 Å². The van der Waals surface area contributed by atoms with E-state index in [9.17, 15) is 17.9 Å². The maximum absolute atomic E-state index is 13.4. The van der Waals surface area contributed by atoms with Crippen LogP contribution in [-0.4, -0.2) is 38.0 Å². The van der Waals surface area contributed by atoms with Crippen LogP contribution in [0.3, 0.4) is 0 Å². The molecule has 1 heterocycles. The van der Waals surface area contributed by atoms with Gasteiger partial charge in [-0.3, -0.25) is 0 Å². The van der Waals surface area contributed by atoms with Crippen LogP contribution in [0, 0.1) is 12.7 Å². The Morgan fingerprint density at radius 3 is 2.21 bits per heavy atom. The molecule has 0 saturated heterocycles. The van der Waals surface area contributed by atoms with Crippen molar-refractivity contribution in [1.82, 2.24) is 9.88 Å². The standard InChI is InChI=1S/C21H23FN2O3S/c1-14-19(20(13-25)23-2)12-21(24(14)17-8-6-16(22)7-9-17)15-4-10-18(11-5-15)28(3,26)27/h4-12,20,23,25H,13H2,1-3H3. The second-order valence-electron chi connectivity index (χ2n) is 6.70. The molecule has 0 fully saturated rings. The van der Waals surface area contributed by atoms with Gasteiger partial charge in [0.1, 0.15) is 5.82 Å². The number of aliphatic hydroxyl groups is 1. The summed E-state index contributed by atoms with van der Waals surface area (Å²) in [6, 6.07) is 14.5. The highest BCUT2D eigenvalue weighted by atomic mass is 32.2. The molecule has 0 bridgehead atoms. The van der Waals surface area contributed by atoms with E-state index in [1.54, 1.807) is 43.4 Å². The maximum atomic E-state index is 13.4. The van der Waals surface area contributed by atoms with Crippen molar-refractivity contribution < 1.29 is 17.9 Å². The summed E-state index contributed by atoms with van der Waals surface area (Å²) in [6.07, 6.45) is 1.17. The Morgan fingerprint density at radius 1 is 1.11 bits per heavy atom. The van der Waals surface area contributed by atoms with Crippen LogP contribution in [0.25, 0.3) is 16.9 Å². The number of rotatable bonds is 6. The summed E-state index contributed by atoms with van der Waals surface area (Å²) in [5.74, 6) is -0.323. The molecule has 3 rings (SSSR count). The summed E-state index contributed by atoms with van der Waals surface area (Å²) in [5, 5.41) is 12.8. The monoisotopic (exact) mass is 402 g/mol. The number of likely N-dealkylation sites (N-methyl/N-ethyl adjacent to an activating group) is 1. The van der Waals surface area contributed by atoms with E-state index in [2.05, 4.69) is 5.32 Å². The molecule has 7 heteroatoms. The molecular weight excluding hydrogens is 379 g/mol. The molecular formula is C21H23FN2O3S. The van der Waals surface area contributed by atoms with Crippen LogP contribution in [-0.2, 0) is 9.84 Å². The SMILES string of the molecule is CNC(CO)c1cc(-c2ccc(S(C)(=O)=O)cc2)n(-c2ccc(F)cc2)c1C. The zero-order chi connectivity index (χ0) is 20.5. The van der Waals surface area contributed by atoms with Crippen LogP contribution in [0.2, 0.25) is 0 Å². The first-order chi connectivity index (χ1) is 13.3. The lowest BCUT2D eigenvalue weighted by Crippen LogP contribution is -2.20. The molecule has 3 aromatic rings. The Balaban J connectivity index is 2.21. The molecule has 0 aliphatic carbocycles. The largest absolute Gasteiger partial charge is 0.394 e. The fraction of sp³-hybridized carbons (Fsp3) is 0.238. The fourth-order valence-electron chi connectivity index (χ4n) is 3.33. The Labute approximate surface area is 164 Å². The van der Waals surface area contributed by atoms with Gasteiger partial charge in [0.15, 0.2) is 9.84 Å². The topological polar surface area (TPSA) is 71.3 Å². The van der Waals surface area contributed by atoms with Gasteiger partial charge in [0, 0.05) is 17.6 Å². The zero-order valence-electron chi connectivity index (χ0n) is 16.0. The van der Waals surface area contributed by atoms with Crippen LogP contribution >= 0.6 is 0 Å². The van der Waals surface area contributed by atoms with Crippen molar-refractivity contribution in [2.45, 2.75) is 17.9 Å². The molecule has 0 spiro atoms. The minimum absolute atomic E-state index is 0.0722. The average molecular weight is 402 g/mol. The molecule has 5 nitrogen and oxygen atoms in total. The van der Waals surface area contributed by atoms with Crippen LogP contribution in [0.1, 0.15) is 17.3 Å². The summed E-state index contributed by atoms with van der Waals surface area (Å²) in [5.41, 5.74) is 4.24. The normalized spacial score (nSPS) is 12.9. The van der Waals surface area contributed by atoms with E-state index in [0.29, 0.717) is 0 Å². The predicted octanol–water partition coefficient (Wildman–Crippen LogP) is 3.25. The van der Waals surface area contributed by atoms with Gasteiger partial charge in [0.05, 0.1) is 23.2 Å². The molecule has 28 heavy (non-hydrogen) atoms. The van der Waals surface area contributed by atoms with Gasteiger partial charge in [-0.2, -0.15) is 0 Å². The van der Waals surface area contributed by atoms with Crippen molar-refractivity contribution in [1.29, 1.82) is 0 Å². The Bertz CT molecular complexity index is 1070. The summed E-state index contributed by atoms with van der Waals surface area (Å²) in [7, 11) is -1.51. The number of nitrogens with one attached hydrogen (secondary N) is 1. The smallest absolute Gasteiger partial charge is 0.175 e. The second kappa shape index (κ2) is 7.87. The second-order valence-corrected chi connectivity index (χ2v) is 8.72. The molecule has 0 aliphatic heterocycles. The van der Waals surface area contributed by atoms with E-state index in [1.807, 2.05) is 17.6 Å². The molecule has 2 aromatic carbocycles. The molecule has 2 N–H and O–H groups in total. The van der Waals surface area contributed by atoms with Crippen LogP contribution in [0.4, 0.5) is 4.39 Å². The third kappa shape index (κ3) is 3.87. The van der Waals surface area contributed by atoms with Gasteiger partial charge in [0.25, 0.3) is 0 Å². The molecule has 0 aliphatic rings. The molecule has 1 atom stereocenters. The third-order valence-electron chi connectivity index (χ3n) is 4.86. The van der Waals surface area contributed by atoms with Crippen molar-refractivity contribution in [3.8, 4) is 16.9 Å². The number of aliphatic hydroxyl groups excluding tert-OH is 1. The summed E-state index contributed by atoms with van der Waals surface area (Å²) < 4.78 is 38.9. The van der Waals surface area contributed by atoms with Gasteiger partial charge < -0.3 is 15.0 Å². The first kappa shape index (κ1) is 20.3. The molecule has 148 valence electrons. The van der Waals surface area contributed by atoms with Gasteiger partial charge in [-0.05, 0) is 67.6 Å². The average Bonchev–Trinajstić information content (AvgIpc) is 3.00. The quantitative estimate of drug-likeness (QED) is 0.664. The summed E-state index contributed by atoms with van der Waals surface area (Å²) in [6.45, 7) is 1.87. The van der Waals surface area contributed by atoms with Crippen molar-refractivity contribution in [3.05, 3.63) is 71.7 Å². The molecule has 0 amide bonds. The number of nitrogens with zero attached hydrogens (tertiary/aromatic N) is 1. The van der Waals surface area contributed by atoms with Gasteiger partial charge in [-0.15, -0.1) is 0 Å². The first-order valence-electron chi connectivity index (χ1n) is 8.83. The Hall–Kier alpha value is -2.48. The molecule has 1 aromatic heterocycles. The van der Waals surface area contributed by atoms with E-state index in [4.69, 9.17) is 0 Å². The van der Waals surface area contributed by atoms with E-state index >= 15 is 0 Å². The lowest BCUT2D eigenvalue weighted by molar-refractivity contribution is 0.250. The van der Waals surface area contributed by atoms with E-state index < -0.39 is 9.84 Å². The predicted molar refractivity (Wildman–Crippen MR) is 108 cm³/mol. The number of hydrogen-bond donors (Lipinski definition) is 2. The molecule has 0 saturated carbocycles. The first-order valence-corrected chi connectivity index (χ1v) is 10.7. The van der Waals surface area contributed by atoms with Crippen LogP contribution in [0.15, 0.2) is 59.5 Å². The highest BCUT2D eigenvalue weighted by molar-refractivity contribution is 7.90. The van der Waals surface area contributed by atoms with Gasteiger partial charge in [-0.25, -0.2) is 12.8 Å². The van der Waals surface area contributed by atoms with Crippen molar-refractivity contribution in [2.24, 2.45) is 0 Å². The number of hydrogen-bond acceptors (Lipinski definition) is 4. The summed E-state index contributed by atoms with van der Waals surface area (Å²) in [4.78, 5) is 0.247. The van der Waals surface area contributed by atoms with Crippen LogP contribution < -0.4 is 5.32 Å².